The summed E-state index contributed by atoms with van der Waals surface area (Å²) in [6.07, 6.45) is 1.66. The molecular formula is C18H23ClFN3O3. The van der Waals surface area contributed by atoms with E-state index >= 15 is 0 Å². The van der Waals surface area contributed by atoms with Gasteiger partial charge in [0.15, 0.2) is 0 Å². The predicted molar refractivity (Wildman–Crippen MR) is 95.2 cm³/mol. The lowest BCUT2D eigenvalue weighted by atomic mass is 10.0. The lowest BCUT2D eigenvalue weighted by Gasteiger charge is -2.35. The number of carbonyl (C=O) groups excluding carboxylic acids is 2. The van der Waals surface area contributed by atoms with Crippen LogP contribution >= 0.6 is 11.6 Å². The summed E-state index contributed by atoms with van der Waals surface area (Å²) in [7, 11) is 0. The standard InChI is InChI=1S/C18H23ClFN3O3/c19-15-9-13(20)2-1-12(15)11-23-6-5-21-18(25)16(23)10-17(24)22-14-3-7-26-8-4-14/h1-2,9,14,16H,3-8,10-11H2,(H,21,25)(H,22,24). The van der Waals surface area contributed by atoms with E-state index in [4.69, 9.17) is 16.3 Å². The van der Waals surface area contributed by atoms with Gasteiger partial charge in [0.1, 0.15) is 5.82 Å². The lowest BCUT2D eigenvalue weighted by molar-refractivity contribution is -0.134. The Bertz CT molecular complexity index is 667. The van der Waals surface area contributed by atoms with Crippen molar-refractivity contribution < 1.29 is 18.7 Å². The van der Waals surface area contributed by atoms with Crippen LogP contribution in [-0.4, -0.2) is 55.1 Å². The van der Waals surface area contributed by atoms with Gasteiger partial charge in [-0.3, -0.25) is 14.5 Å². The van der Waals surface area contributed by atoms with E-state index in [9.17, 15) is 14.0 Å². The molecule has 2 aliphatic rings. The summed E-state index contributed by atoms with van der Waals surface area (Å²) in [5.74, 6) is -0.715. The van der Waals surface area contributed by atoms with Crippen LogP contribution in [0.25, 0.3) is 0 Å². The third-order valence-corrected chi connectivity index (χ3v) is 5.15. The van der Waals surface area contributed by atoms with E-state index in [2.05, 4.69) is 10.6 Å². The van der Waals surface area contributed by atoms with E-state index in [-0.39, 0.29) is 24.3 Å². The van der Waals surface area contributed by atoms with E-state index in [0.29, 0.717) is 37.9 Å². The number of nitrogens with zero attached hydrogens (tertiary/aromatic N) is 1. The minimum absolute atomic E-state index is 0.0853. The zero-order valence-corrected chi connectivity index (χ0v) is 15.2. The highest BCUT2D eigenvalue weighted by atomic mass is 35.5. The Balaban J connectivity index is 1.63. The molecule has 0 aliphatic carbocycles. The molecule has 2 saturated heterocycles. The lowest BCUT2D eigenvalue weighted by Crippen LogP contribution is -2.56. The Morgan fingerprint density at radius 3 is 2.88 bits per heavy atom. The smallest absolute Gasteiger partial charge is 0.237 e. The van der Waals surface area contributed by atoms with Gasteiger partial charge in [0.05, 0.1) is 12.5 Å². The van der Waals surface area contributed by atoms with Crippen molar-refractivity contribution in [2.24, 2.45) is 0 Å². The molecule has 2 N–H and O–H groups in total. The molecule has 0 spiro atoms. The number of carbonyl (C=O) groups is 2. The first-order chi connectivity index (χ1) is 12.5. The second-order valence-electron chi connectivity index (χ2n) is 6.67. The maximum atomic E-state index is 13.2. The third-order valence-electron chi connectivity index (χ3n) is 4.80. The van der Waals surface area contributed by atoms with Gasteiger partial charge in [0.25, 0.3) is 0 Å². The molecule has 0 aromatic heterocycles. The molecular weight excluding hydrogens is 361 g/mol. The Kier molecular flexibility index (Phi) is 6.45. The first-order valence-electron chi connectivity index (χ1n) is 8.86. The zero-order chi connectivity index (χ0) is 18.5. The average molecular weight is 384 g/mol. The van der Waals surface area contributed by atoms with Crippen molar-refractivity contribution in [3.05, 3.63) is 34.6 Å². The summed E-state index contributed by atoms with van der Waals surface area (Å²) >= 11 is 6.11. The monoisotopic (exact) mass is 383 g/mol. The van der Waals surface area contributed by atoms with Crippen molar-refractivity contribution in [3.8, 4) is 0 Å². The van der Waals surface area contributed by atoms with Crippen molar-refractivity contribution in [1.82, 2.24) is 15.5 Å². The molecule has 1 aromatic carbocycles. The highest BCUT2D eigenvalue weighted by molar-refractivity contribution is 6.31. The highest BCUT2D eigenvalue weighted by Gasteiger charge is 2.32. The molecule has 0 bridgehead atoms. The third kappa shape index (κ3) is 4.93. The van der Waals surface area contributed by atoms with Gasteiger partial charge in [0, 0.05) is 43.9 Å². The van der Waals surface area contributed by atoms with Gasteiger partial charge < -0.3 is 15.4 Å². The highest BCUT2D eigenvalue weighted by Crippen LogP contribution is 2.21. The van der Waals surface area contributed by atoms with Crippen LogP contribution in [0, 0.1) is 5.82 Å². The summed E-state index contributed by atoms with van der Waals surface area (Å²) in [4.78, 5) is 26.6. The van der Waals surface area contributed by atoms with Crippen molar-refractivity contribution in [2.75, 3.05) is 26.3 Å². The van der Waals surface area contributed by atoms with Crippen LogP contribution in [0.4, 0.5) is 4.39 Å². The number of amides is 2. The van der Waals surface area contributed by atoms with E-state index < -0.39 is 11.9 Å². The van der Waals surface area contributed by atoms with Gasteiger partial charge >= 0.3 is 0 Å². The maximum Gasteiger partial charge on any atom is 0.237 e. The van der Waals surface area contributed by atoms with Crippen LogP contribution in [0.1, 0.15) is 24.8 Å². The van der Waals surface area contributed by atoms with Gasteiger partial charge in [-0.1, -0.05) is 17.7 Å². The van der Waals surface area contributed by atoms with E-state index in [1.165, 1.54) is 12.1 Å². The van der Waals surface area contributed by atoms with Crippen LogP contribution in [0.15, 0.2) is 18.2 Å². The van der Waals surface area contributed by atoms with Crippen LogP contribution < -0.4 is 10.6 Å². The van der Waals surface area contributed by atoms with Gasteiger partial charge in [0.2, 0.25) is 11.8 Å². The molecule has 1 atom stereocenters. The van der Waals surface area contributed by atoms with Gasteiger partial charge in [-0.15, -0.1) is 0 Å². The SMILES string of the molecule is O=C(CC1C(=O)NCCN1Cc1ccc(F)cc1Cl)NC1CCOCC1. The summed E-state index contributed by atoms with van der Waals surface area (Å²) < 4.78 is 18.5. The Morgan fingerprint density at radius 2 is 2.15 bits per heavy atom. The van der Waals surface area contributed by atoms with Crippen LogP contribution in [0.2, 0.25) is 5.02 Å². The normalized spacial score (nSPS) is 22.1. The van der Waals surface area contributed by atoms with Gasteiger partial charge in [-0.2, -0.15) is 0 Å². The molecule has 1 aromatic rings. The molecule has 6 nitrogen and oxygen atoms in total. The van der Waals surface area contributed by atoms with E-state index in [0.717, 1.165) is 18.4 Å². The molecule has 0 radical (unpaired) electrons. The maximum absolute atomic E-state index is 13.2. The predicted octanol–water partition coefficient (Wildman–Crippen LogP) is 1.46. The van der Waals surface area contributed by atoms with Crippen LogP contribution in [0.3, 0.4) is 0 Å². The molecule has 0 saturated carbocycles. The summed E-state index contributed by atoms with van der Waals surface area (Å²) in [6.45, 7) is 2.79. The first kappa shape index (κ1) is 19.1. The number of rotatable bonds is 5. The Morgan fingerprint density at radius 1 is 1.38 bits per heavy atom. The number of piperazine rings is 1. The van der Waals surface area contributed by atoms with Crippen molar-refractivity contribution in [2.45, 2.75) is 37.9 Å². The van der Waals surface area contributed by atoms with Crippen LogP contribution in [0.5, 0.6) is 0 Å². The number of halogens is 2. The Hall–Kier alpha value is -1.70. The molecule has 26 heavy (non-hydrogen) atoms. The fourth-order valence-corrected chi connectivity index (χ4v) is 3.57. The molecule has 2 aliphatic heterocycles. The second-order valence-corrected chi connectivity index (χ2v) is 7.08. The molecule has 8 heteroatoms. The average Bonchev–Trinajstić information content (AvgIpc) is 2.61. The second kappa shape index (κ2) is 8.79. The quantitative estimate of drug-likeness (QED) is 0.807. The molecule has 3 rings (SSSR count). The summed E-state index contributed by atoms with van der Waals surface area (Å²) in [5, 5.41) is 6.12. The van der Waals surface area contributed by atoms with Gasteiger partial charge in [-0.25, -0.2) is 4.39 Å². The molecule has 2 amide bonds. The number of benzene rings is 1. The fourth-order valence-electron chi connectivity index (χ4n) is 3.35. The number of ether oxygens (including phenoxy) is 1. The van der Waals surface area contributed by atoms with Gasteiger partial charge in [-0.05, 0) is 30.5 Å². The number of hydrogen-bond acceptors (Lipinski definition) is 4. The molecule has 2 heterocycles. The van der Waals surface area contributed by atoms with Crippen molar-refractivity contribution in [3.63, 3.8) is 0 Å². The molecule has 2 fully saturated rings. The fraction of sp³-hybridized carbons (Fsp3) is 0.556. The minimum atomic E-state index is -0.565. The largest absolute Gasteiger partial charge is 0.381 e. The number of hydrogen-bond donors (Lipinski definition) is 2. The Labute approximate surface area is 157 Å². The first-order valence-corrected chi connectivity index (χ1v) is 9.23. The zero-order valence-electron chi connectivity index (χ0n) is 14.5. The van der Waals surface area contributed by atoms with E-state index in [1.807, 2.05) is 4.90 Å². The van der Waals surface area contributed by atoms with E-state index in [1.54, 1.807) is 6.07 Å². The minimum Gasteiger partial charge on any atom is -0.381 e. The number of nitrogens with one attached hydrogen (secondary N) is 2. The van der Waals surface area contributed by atoms with Crippen molar-refractivity contribution in [1.29, 1.82) is 0 Å². The molecule has 1 unspecified atom stereocenters. The van der Waals surface area contributed by atoms with Crippen LogP contribution in [-0.2, 0) is 20.9 Å². The summed E-state index contributed by atoms with van der Waals surface area (Å²) in [5.41, 5.74) is 0.734. The topological polar surface area (TPSA) is 70.7 Å². The summed E-state index contributed by atoms with van der Waals surface area (Å²) in [6, 6.07) is 3.75. The van der Waals surface area contributed by atoms with Crippen molar-refractivity contribution >= 4 is 23.4 Å². The molecule has 142 valence electrons.